The average molecular weight is 326 g/mol. The smallest absolute Gasteiger partial charge is 0.243 e. The van der Waals surface area contributed by atoms with Gasteiger partial charge in [-0.3, -0.25) is 4.79 Å². The number of likely N-dealkylation sites (N-methyl/N-ethyl adjacent to an activating group) is 1. The number of thiophene rings is 1. The van der Waals surface area contributed by atoms with Crippen LogP contribution in [0.2, 0.25) is 0 Å². The molecular formula is C15H26N4O2S. The lowest BCUT2D eigenvalue weighted by molar-refractivity contribution is -0.127. The summed E-state index contributed by atoms with van der Waals surface area (Å²) >= 11 is 1.74. The first-order chi connectivity index (χ1) is 10.5. The van der Waals surface area contributed by atoms with E-state index >= 15 is 0 Å². The van der Waals surface area contributed by atoms with Crippen LogP contribution in [0.1, 0.15) is 11.8 Å². The van der Waals surface area contributed by atoms with Gasteiger partial charge < -0.3 is 20.3 Å². The molecule has 1 aromatic heterocycles. The number of hydrogen-bond acceptors (Lipinski definition) is 4. The van der Waals surface area contributed by atoms with Gasteiger partial charge in [-0.2, -0.15) is 0 Å². The standard InChI is InChI=1S/C15H26N4O2S/c1-12(11-21-4)18-15(17-10-14(20)19(2)3)16-8-7-13-6-5-9-22-13/h5-6,9,12H,7-8,10-11H2,1-4H3,(H2,16,17,18). The number of guanidine groups is 1. The van der Waals surface area contributed by atoms with Crippen LogP contribution < -0.4 is 10.6 Å². The number of aliphatic imine (C=N–C) groups is 1. The molecule has 22 heavy (non-hydrogen) atoms. The number of rotatable bonds is 8. The second-order valence-electron chi connectivity index (χ2n) is 5.21. The zero-order valence-electron chi connectivity index (χ0n) is 13.8. The molecule has 0 radical (unpaired) electrons. The molecule has 0 aromatic carbocycles. The predicted molar refractivity (Wildman–Crippen MR) is 91.5 cm³/mol. The maximum absolute atomic E-state index is 11.7. The van der Waals surface area contributed by atoms with E-state index in [0.29, 0.717) is 12.6 Å². The van der Waals surface area contributed by atoms with Crippen LogP contribution in [0, 0.1) is 0 Å². The first-order valence-electron chi connectivity index (χ1n) is 7.29. The molecule has 0 aliphatic rings. The molecule has 0 spiro atoms. The van der Waals surface area contributed by atoms with Crippen molar-refractivity contribution in [3.63, 3.8) is 0 Å². The van der Waals surface area contributed by atoms with Gasteiger partial charge in [0.25, 0.3) is 0 Å². The molecule has 1 amide bonds. The lowest BCUT2D eigenvalue weighted by Gasteiger charge is -2.18. The molecule has 1 heterocycles. The topological polar surface area (TPSA) is 66.0 Å². The fourth-order valence-electron chi connectivity index (χ4n) is 1.72. The fraction of sp³-hybridized carbons (Fsp3) is 0.600. The summed E-state index contributed by atoms with van der Waals surface area (Å²) < 4.78 is 5.11. The molecular weight excluding hydrogens is 300 g/mol. The molecule has 0 bridgehead atoms. The molecule has 0 saturated carbocycles. The molecule has 7 heteroatoms. The van der Waals surface area contributed by atoms with Crippen LogP contribution in [0.25, 0.3) is 0 Å². The Balaban J connectivity index is 2.52. The predicted octanol–water partition coefficient (Wildman–Crippen LogP) is 0.949. The second kappa shape index (κ2) is 10.2. The van der Waals surface area contributed by atoms with E-state index in [2.05, 4.69) is 27.1 Å². The Morgan fingerprint density at radius 1 is 1.50 bits per heavy atom. The number of methoxy groups -OCH3 is 1. The summed E-state index contributed by atoms with van der Waals surface area (Å²) in [6.45, 7) is 3.48. The van der Waals surface area contributed by atoms with Gasteiger partial charge in [-0.15, -0.1) is 11.3 Å². The zero-order chi connectivity index (χ0) is 16.4. The van der Waals surface area contributed by atoms with Crippen molar-refractivity contribution >= 4 is 23.2 Å². The molecule has 1 aromatic rings. The summed E-state index contributed by atoms with van der Waals surface area (Å²) in [5.41, 5.74) is 0. The zero-order valence-corrected chi connectivity index (χ0v) is 14.6. The molecule has 1 unspecified atom stereocenters. The van der Waals surface area contributed by atoms with Crippen molar-refractivity contribution in [2.24, 2.45) is 4.99 Å². The van der Waals surface area contributed by atoms with E-state index in [1.54, 1.807) is 32.5 Å². The van der Waals surface area contributed by atoms with Gasteiger partial charge in [0.2, 0.25) is 5.91 Å². The minimum atomic E-state index is -0.0289. The third kappa shape index (κ3) is 7.42. The third-order valence-corrected chi connectivity index (χ3v) is 3.85. The van der Waals surface area contributed by atoms with E-state index in [0.717, 1.165) is 13.0 Å². The Labute approximate surface area is 136 Å². The van der Waals surface area contributed by atoms with Crippen LogP contribution in [0.15, 0.2) is 22.5 Å². The second-order valence-corrected chi connectivity index (χ2v) is 6.24. The van der Waals surface area contributed by atoms with Gasteiger partial charge in [0.05, 0.1) is 6.61 Å². The van der Waals surface area contributed by atoms with Gasteiger partial charge >= 0.3 is 0 Å². The monoisotopic (exact) mass is 326 g/mol. The summed E-state index contributed by atoms with van der Waals surface area (Å²) in [6, 6.07) is 4.27. The van der Waals surface area contributed by atoms with Gasteiger partial charge in [-0.1, -0.05) is 6.07 Å². The summed E-state index contributed by atoms with van der Waals surface area (Å²) in [5.74, 6) is 0.607. The van der Waals surface area contributed by atoms with Crippen molar-refractivity contribution in [1.29, 1.82) is 0 Å². The van der Waals surface area contributed by atoms with Crippen molar-refractivity contribution in [2.75, 3.05) is 40.9 Å². The number of carbonyl (C=O) groups excluding carboxylic acids is 1. The number of amides is 1. The van der Waals surface area contributed by atoms with Crippen molar-refractivity contribution < 1.29 is 9.53 Å². The number of nitrogens with zero attached hydrogens (tertiary/aromatic N) is 2. The number of nitrogens with one attached hydrogen (secondary N) is 2. The summed E-state index contributed by atoms with van der Waals surface area (Å²) in [4.78, 5) is 18.9. The van der Waals surface area contributed by atoms with Crippen LogP contribution in [-0.4, -0.2) is 63.7 Å². The maximum atomic E-state index is 11.7. The van der Waals surface area contributed by atoms with Gasteiger partial charge in [-0.25, -0.2) is 4.99 Å². The lowest BCUT2D eigenvalue weighted by atomic mass is 10.3. The van der Waals surface area contributed by atoms with Crippen LogP contribution in [0.5, 0.6) is 0 Å². The summed E-state index contributed by atoms with van der Waals surface area (Å²) in [5, 5.41) is 8.57. The number of carbonyl (C=O) groups is 1. The van der Waals surface area contributed by atoms with Crippen LogP contribution in [0.3, 0.4) is 0 Å². The molecule has 6 nitrogen and oxygen atoms in total. The molecule has 1 atom stereocenters. The van der Waals surface area contributed by atoms with Crippen molar-refractivity contribution in [2.45, 2.75) is 19.4 Å². The maximum Gasteiger partial charge on any atom is 0.243 e. The third-order valence-electron chi connectivity index (χ3n) is 2.91. The molecule has 0 aliphatic carbocycles. The number of ether oxygens (including phenoxy) is 1. The average Bonchev–Trinajstić information content (AvgIpc) is 2.97. The van der Waals surface area contributed by atoms with Crippen molar-refractivity contribution in [3.05, 3.63) is 22.4 Å². The van der Waals surface area contributed by atoms with Crippen LogP contribution in [0.4, 0.5) is 0 Å². The van der Waals surface area contributed by atoms with E-state index in [-0.39, 0.29) is 18.5 Å². The van der Waals surface area contributed by atoms with Crippen molar-refractivity contribution in [3.8, 4) is 0 Å². The van der Waals surface area contributed by atoms with Crippen LogP contribution in [-0.2, 0) is 16.0 Å². The van der Waals surface area contributed by atoms with Gasteiger partial charge in [0.15, 0.2) is 5.96 Å². The summed E-state index contributed by atoms with van der Waals surface area (Å²) in [6.07, 6.45) is 0.929. The normalized spacial score (nSPS) is 12.8. The van der Waals surface area contributed by atoms with E-state index in [1.807, 2.05) is 13.0 Å². The highest BCUT2D eigenvalue weighted by Gasteiger charge is 2.07. The van der Waals surface area contributed by atoms with Crippen molar-refractivity contribution in [1.82, 2.24) is 15.5 Å². The number of hydrogen-bond donors (Lipinski definition) is 2. The van der Waals surface area contributed by atoms with E-state index < -0.39 is 0 Å². The highest BCUT2D eigenvalue weighted by Crippen LogP contribution is 2.07. The molecule has 0 aliphatic heterocycles. The van der Waals surface area contributed by atoms with Gasteiger partial charge in [0.1, 0.15) is 6.54 Å². The minimum Gasteiger partial charge on any atom is -0.383 e. The Morgan fingerprint density at radius 2 is 2.27 bits per heavy atom. The first kappa shape index (κ1) is 18.4. The highest BCUT2D eigenvalue weighted by molar-refractivity contribution is 7.09. The van der Waals surface area contributed by atoms with Gasteiger partial charge in [0, 0.05) is 38.7 Å². The Hall–Kier alpha value is -1.60. The summed E-state index contributed by atoms with van der Waals surface area (Å²) in [7, 11) is 5.11. The molecule has 124 valence electrons. The van der Waals surface area contributed by atoms with E-state index in [9.17, 15) is 4.79 Å². The Kier molecular flexibility index (Phi) is 8.54. The quantitative estimate of drug-likeness (QED) is 0.551. The molecule has 0 saturated heterocycles. The lowest BCUT2D eigenvalue weighted by Crippen LogP contribution is -2.45. The molecule has 2 N–H and O–H groups in total. The largest absolute Gasteiger partial charge is 0.383 e. The fourth-order valence-corrected chi connectivity index (χ4v) is 2.43. The highest BCUT2D eigenvalue weighted by atomic mass is 32.1. The van der Waals surface area contributed by atoms with E-state index in [1.165, 1.54) is 9.78 Å². The minimum absolute atomic E-state index is 0.0289. The first-order valence-corrected chi connectivity index (χ1v) is 8.17. The van der Waals surface area contributed by atoms with Gasteiger partial charge in [-0.05, 0) is 24.8 Å². The van der Waals surface area contributed by atoms with E-state index in [4.69, 9.17) is 4.74 Å². The SMILES string of the molecule is COCC(C)NC(=NCC(=O)N(C)C)NCCc1cccs1. The molecule has 0 fully saturated rings. The molecule has 1 rings (SSSR count). The van der Waals surface area contributed by atoms with Crippen LogP contribution >= 0.6 is 11.3 Å². The Bertz CT molecular complexity index is 460. The Morgan fingerprint density at radius 3 is 2.86 bits per heavy atom.